The van der Waals surface area contributed by atoms with Crippen LogP contribution in [0.3, 0.4) is 0 Å². The van der Waals surface area contributed by atoms with E-state index in [4.69, 9.17) is 14.2 Å². The average Bonchev–Trinajstić information content (AvgIpc) is 2.46. The van der Waals surface area contributed by atoms with Crippen LogP contribution in [-0.4, -0.2) is 50.9 Å². The number of carbonyl (C=O) groups is 2. The highest BCUT2D eigenvalue weighted by atomic mass is 16.7. The van der Waals surface area contributed by atoms with Crippen LogP contribution in [0.25, 0.3) is 0 Å². The van der Waals surface area contributed by atoms with E-state index in [1.807, 2.05) is 0 Å². The zero-order valence-corrected chi connectivity index (χ0v) is 12.4. The Hall–Kier alpha value is -2.02. The smallest absolute Gasteiger partial charge is 0.432 e. The molecule has 0 aliphatic heterocycles. The maximum Gasteiger partial charge on any atom is 0.508 e. The molecule has 0 amide bonds. The van der Waals surface area contributed by atoms with Crippen LogP contribution in [0.15, 0.2) is 25.3 Å². The van der Waals surface area contributed by atoms with Crippen molar-refractivity contribution in [1.82, 2.24) is 0 Å². The van der Waals surface area contributed by atoms with Gasteiger partial charge in [0.2, 0.25) is 0 Å². The topological polar surface area (TPSA) is 80.3 Å². The lowest BCUT2D eigenvalue weighted by molar-refractivity contribution is -0.0470. The molecule has 0 bridgehead atoms. The van der Waals surface area contributed by atoms with Crippen LogP contribution >= 0.6 is 0 Å². The normalized spacial score (nSPS) is 12.7. The molecule has 0 heterocycles. The Morgan fingerprint density at radius 1 is 0.905 bits per heavy atom. The van der Waals surface area contributed by atoms with Crippen molar-refractivity contribution in [2.75, 3.05) is 26.4 Å². The van der Waals surface area contributed by atoms with Crippen LogP contribution < -0.4 is 0 Å². The van der Waals surface area contributed by atoms with E-state index in [9.17, 15) is 9.59 Å². The van der Waals surface area contributed by atoms with Crippen molar-refractivity contribution < 1.29 is 33.3 Å². The minimum absolute atomic E-state index is 0.0314. The van der Waals surface area contributed by atoms with E-state index >= 15 is 0 Å². The van der Waals surface area contributed by atoms with Gasteiger partial charge in [0.25, 0.3) is 0 Å². The predicted octanol–water partition coefficient (Wildman–Crippen LogP) is 2.46. The third-order valence-electron chi connectivity index (χ3n) is 1.99. The van der Waals surface area contributed by atoms with E-state index in [0.29, 0.717) is 0 Å². The lowest BCUT2D eigenvalue weighted by atomic mass is 10.4. The molecule has 7 heteroatoms. The SMILES string of the molecule is C=CCOC(=O)OCC(C)OCC(C)OC(=O)OCC=C. The monoisotopic (exact) mass is 302 g/mol. The maximum absolute atomic E-state index is 11.1. The van der Waals surface area contributed by atoms with Gasteiger partial charge in [0.05, 0.1) is 12.7 Å². The van der Waals surface area contributed by atoms with Gasteiger partial charge in [-0.1, -0.05) is 25.3 Å². The number of ether oxygens (including phenoxy) is 5. The molecule has 21 heavy (non-hydrogen) atoms. The van der Waals surface area contributed by atoms with E-state index in [1.54, 1.807) is 13.8 Å². The standard InChI is InChI=1S/C14H22O7/c1-5-7-17-13(15)20-9-11(3)19-10-12(4)21-14(16)18-8-6-2/h5-6,11-12H,1-2,7-10H2,3-4H3. The molecule has 120 valence electrons. The molecule has 0 rings (SSSR count). The summed E-state index contributed by atoms with van der Waals surface area (Å²) in [4.78, 5) is 22.2. The zero-order valence-electron chi connectivity index (χ0n) is 12.4. The summed E-state index contributed by atoms with van der Waals surface area (Å²) in [5, 5.41) is 0. The summed E-state index contributed by atoms with van der Waals surface area (Å²) in [6.07, 6.45) is 0.443. The molecule has 0 saturated heterocycles. The molecular weight excluding hydrogens is 280 g/mol. The zero-order chi connectivity index (χ0) is 16.1. The van der Waals surface area contributed by atoms with Crippen LogP contribution in [0.4, 0.5) is 9.59 Å². The molecule has 7 nitrogen and oxygen atoms in total. The molecule has 0 aromatic carbocycles. The van der Waals surface area contributed by atoms with Crippen molar-refractivity contribution in [1.29, 1.82) is 0 Å². The van der Waals surface area contributed by atoms with Crippen LogP contribution in [0.2, 0.25) is 0 Å². The minimum atomic E-state index is -0.789. The third-order valence-corrected chi connectivity index (χ3v) is 1.99. The fraction of sp³-hybridized carbons (Fsp3) is 0.571. The second kappa shape index (κ2) is 11.8. The molecular formula is C14H22O7. The lowest BCUT2D eigenvalue weighted by Crippen LogP contribution is -2.26. The number of hydrogen-bond acceptors (Lipinski definition) is 7. The van der Waals surface area contributed by atoms with E-state index in [1.165, 1.54) is 12.2 Å². The third kappa shape index (κ3) is 11.5. The molecule has 0 spiro atoms. The first-order valence-corrected chi connectivity index (χ1v) is 6.46. The Kier molecular flexibility index (Phi) is 10.6. The van der Waals surface area contributed by atoms with Gasteiger partial charge in [-0.3, -0.25) is 0 Å². The Morgan fingerprint density at radius 3 is 2.05 bits per heavy atom. The van der Waals surface area contributed by atoms with Gasteiger partial charge in [-0.2, -0.15) is 0 Å². The molecule has 0 radical (unpaired) electrons. The maximum atomic E-state index is 11.1. The first kappa shape index (κ1) is 19.0. The van der Waals surface area contributed by atoms with Gasteiger partial charge in [-0.25, -0.2) is 9.59 Å². The summed E-state index contributed by atoms with van der Waals surface area (Å²) in [6, 6.07) is 0. The van der Waals surface area contributed by atoms with E-state index in [2.05, 4.69) is 22.6 Å². The van der Waals surface area contributed by atoms with Crippen molar-refractivity contribution in [3.8, 4) is 0 Å². The largest absolute Gasteiger partial charge is 0.508 e. The van der Waals surface area contributed by atoms with Gasteiger partial charge < -0.3 is 23.7 Å². The molecule has 0 aliphatic carbocycles. The summed E-state index contributed by atoms with van der Waals surface area (Å²) < 4.78 is 24.3. The fourth-order valence-electron chi connectivity index (χ4n) is 1.06. The van der Waals surface area contributed by atoms with E-state index < -0.39 is 18.4 Å². The Morgan fingerprint density at radius 2 is 1.48 bits per heavy atom. The number of carbonyl (C=O) groups excluding carboxylic acids is 2. The Balaban J connectivity index is 3.73. The first-order chi connectivity index (χ1) is 9.99. The van der Waals surface area contributed by atoms with Gasteiger partial charge in [-0.05, 0) is 13.8 Å². The van der Waals surface area contributed by atoms with Crippen LogP contribution in [0.1, 0.15) is 13.8 Å². The lowest BCUT2D eigenvalue weighted by Gasteiger charge is -2.17. The molecule has 2 unspecified atom stereocenters. The highest BCUT2D eigenvalue weighted by molar-refractivity contribution is 5.60. The molecule has 0 aromatic heterocycles. The Bertz CT molecular complexity index is 340. The van der Waals surface area contributed by atoms with E-state index in [0.717, 1.165) is 0 Å². The van der Waals surface area contributed by atoms with Gasteiger partial charge in [0, 0.05) is 0 Å². The van der Waals surface area contributed by atoms with Crippen molar-refractivity contribution >= 4 is 12.3 Å². The molecule has 0 saturated carbocycles. The summed E-state index contributed by atoms with van der Waals surface area (Å²) in [7, 11) is 0. The summed E-state index contributed by atoms with van der Waals surface area (Å²) in [6.45, 7) is 10.5. The summed E-state index contributed by atoms with van der Waals surface area (Å²) >= 11 is 0. The molecule has 2 atom stereocenters. The highest BCUT2D eigenvalue weighted by Crippen LogP contribution is 2.00. The number of rotatable bonds is 10. The second-order valence-electron chi connectivity index (χ2n) is 4.08. The minimum Gasteiger partial charge on any atom is -0.432 e. The van der Waals surface area contributed by atoms with Crippen molar-refractivity contribution in [3.63, 3.8) is 0 Å². The van der Waals surface area contributed by atoms with Crippen LogP contribution in [0, 0.1) is 0 Å². The van der Waals surface area contributed by atoms with Gasteiger partial charge in [0.1, 0.15) is 25.9 Å². The van der Waals surface area contributed by atoms with E-state index in [-0.39, 0.29) is 32.5 Å². The quantitative estimate of drug-likeness (QED) is 0.453. The molecule has 0 fully saturated rings. The van der Waals surface area contributed by atoms with Crippen molar-refractivity contribution in [2.45, 2.75) is 26.1 Å². The number of hydrogen-bond donors (Lipinski definition) is 0. The fourth-order valence-corrected chi connectivity index (χ4v) is 1.06. The first-order valence-electron chi connectivity index (χ1n) is 6.46. The van der Waals surface area contributed by atoms with Crippen molar-refractivity contribution in [3.05, 3.63) is 25.3 Å². The highest BCUT2D eigenvalue weighted by Gasteiger charge is 2.13. The van der Waals surface area contributed by atoms with Gasteiger partial charge >= 0.3 is 12.3 Å². The van der Waals surface area contributed by atoms with Crippen LogP contribution in [0.5, 0.6) is 0 Å². The van der Waals surface area contributed by atoms with Gasteiger partial charge in [0.15, 0.2) is 0 Å². The molecule has 0 aromatic rings. The van der Waals surface area contributed by atoms with Gasteiger partial charge in [-0.15, -0.1) is 0 Å². The summed E-state index contributed by atoms with van der Waals surface area (Å²) in [5.74, 6) is 0. The Labute approximate surface area is 124 Å². The predicted molar refractivity (Wildman–Crippen MR) is 75.0 cm³/mol. The van der Waals surface area contributed by atoms with Crippen molar-refractivity contribution in [2.24, 2.45) is 0 Å². The average molecular weight is 302 g/mol. The second-order valence-corrected chi connectivity index (χ2v) is 4.08. The molecule has 0 aliphatic rings. The van der Waals surface area contributed by atoms with Crippen LogP contribution in [-0.2, 0) is 23.7 Å². The molecule has 0 N–H and O–H groups in total. The summed E-state index contributed by atoms with van der Waals surface area (Å²) in [5.41, 5.74) is 0.